The molecular formula is C42H34N6O2S. The lowest BCUT2D eigenvalue weighted by Gasteiger charge is -2.37. The quantitative estimate of drug-likeness (QED) is 0.170. The van der Waals surface area contributed by atoms with Crippen LogP contribution in [0.1, 0.15) is 33.4 Å². The minimum Gasteiger partial charge on any atom is -0.369 e. The molecule has 2 aliphatic rings. The fourth-order valence-electron chi connectivity index (χ4n) is 7.34. The topological polar surface area (TPSA) is 106 Å². The first kappa shape index (κ1) is 31.9. The zero-order valence-electron chi connectivity index (χ0n) is 27.6. The van der Waals surface area contributed by atoms with Crippen LogP contribution in [0.3, 0.4) is 0 Å². The molecule has 3 N–H and O–H groups in total. The minimum absolute atomic E-state index is 0.0570. The van der Waals surface area contributed by atoms with Crippen LogP contribution in [-0.4, -0.2) is 33.5 Å². The Labute approximate surface area is 300 Å². The molecule has 8 rings (SSSR count). The summed E-state index contributed by atoms with van der Waals surface area (Å²) in [4.78, 5) is 39.3. The number of carbonyl (C=O) groups is 2. The third-order valence-electron chi connectivity index (χ3n) is 9.67. The third-order valence-corrected chi connectivity index (χ3v) is 10.4. The predicted molar refractivity (Wildman–Crippen MR) is 201 cm³/mol. The van der Waals surface area contributed by atoms with Gasteiger partial charge in [0.25, 0.3) is 11.8 Å². The number of nitrogens with two attached hydrogens (primary N) is 1. The number of nitrogens with one attached hydrogen (secondary N) is 1. The van der Waals surface area contributed by atoms with E-state index in [0.717, 1.165) is 33.4 Å². The van der Waals surface area contributed by atoms with Gasteiger partial charge >= 0.3 is 0 Å². The Morgan fingerprint density at radius 3 is 1.67 bits per heavy atom. The van der Waals surface area contributed by atoms with E-state index >= 15 is 4.79 Å². The van der Waals surface area contributed by atoms with E-state index in [0.29, 0.717) is 5.69 Å². The molecule has 6 aromatic rings. The van der Waals surface area contributed by atoms with Crippen molar-refractivity contribution in [1.29, 1.82) is 5.41 Å². The lowest BCUT2D eigenvalue weighted by molar-refractivity contribution is -0.131. The summed E-state index contributed by atoms with van der Waals surface area (Å²) in [7, 11) is 0. The van der Waals surface area contributed by atoms with Crippen LogP contribution in [0, 0.1) is 5.41 Å². The Hall–Kier alpha value is -6.32. The molecule has 5 aromatic carbocycles. The molecule has 9 heteroatoms. The Morgan fingerprint density at radius 2 is 1.14 bits per heavy atom. The maximum atomic E-state index is 15.0. The molecule has 1 aromatic heterocycles. The number of amides is 2. The SMILES string of the molecule is N=C1N(Cc2ccsc2)C(=O)C(c2ccccc2)(c2ccccc2)N1c1cccc(CN2C(=O)C(c3ccccc3)(c3ccccc3)N=C2N)c1. The Morgan fingerprint density at radius 1 is 0.608 bits per heavy atom. The molecule has 0 saturated carbocycles. The molecule has 2 amide bonds. The van der Waals surface area contributed by atoms with Gasteiger partial charge in [-0.05, 0) is 62.3 Å². The molecule has 1 saturated heterocycles. The van der Waals surface area contributed by atoms with E-state index in [1.807, 2.05) is 167 Å². The maximum Gasteiger partial charge on any atom is 0.266 e. The molecule has 0 unspecified atom stereocenters. The number of hydrogen-bond donors (Lipinski definition) is 2. The van der Waals surface area contributed by atoms with Crippen molar-refractivity contribution in [3.05, 3.63) is 196 Å². The summed E-state index contributed by atoms with van der Waals surface area (Å²) >= 11 is 1.56. The zero-order chi connectivity index (χ0) is 35.0. The molecular weight excluding hydrogens is 653 g/mol. The normalized spacial score (nSPS) is 16.5. The van der Waals surface area contributed by atoms with Crippen molar-refractivity contribution in [2.75, 3.05) is 4.90 Å². The summed E-state index contributed by atoms with van der Waals surface area (Å²) in [5.41, 5.74) is 9.20. The molecule has 0 atom stereocenters. The first-order chi connectivity index (χ1) is 24.9. The highest BCUT2D eigenvalue weighted by molar-refractivity contribution is 7.07. The first-order valence-corrected chi connectivity index (χ1v) is 17.6. The molecule has 0 radical (unpaired) electrons. The Balaban J connectivity index is 1.23. The predicted octanol–water partition coefficient (Wildman–Crippen LogP) is 7.08. The molecule has 51 heavy (non-hydrogen) atoms. The van der Waals surface area contributed by atoms with Gasteiger partial charge in [-0.25, -0.2) is 4.99 Å². The van der Waals surface area contributed by atoms with Gasteiger partial charge in [0.2, 0.25) is 5.96 Å². The first-order valence-electron chi connectivity index (χ1n) is 16.6. The third kappa shape index (κ3) is 5.13. The van der Waals surface area contributed by atoms with Gasteiger partial charge in [0.15, 0.2) is 17.0 Å². The van der Waals surface area contributed by atoms with Gasteiger partial charge in [0, 0.05) is 5.69 Å². The zero-order valence-corrected chi connectivity index (χ0v) is 28.4. The van der Waals surface area contributed by atoms with Gasteiger partial charge in [-0.3, -0.25) is 29.7 Å². The molecule has 0 bridgehead atoms. The number of carbonyl (C=O) groups excluding carboxylic acids is 2. The van der Waals surface area contributed by atoms with Crippen LogP contribution in [0.25, 0.3) is 0 Å². The Bertz CT molecular complexity index is 2160. The highest BCUT2D eigenvalue weighted by atomic mass is 32.1. The summed E-state index contributed by atoms with van der Waals surface area (Å²) in [6, 6.07) is 47.9. The van der Waals surface area contributed by atoms with Crippen molar-refractivity contribution in [1.82, 2.24) is 9.80 Å². The number of benzene rings is 5. The summed E-state index contributed by atoms with van der Waals surface area (Å²) in [6.07, 6.45) is 0. The van der Waals surface area contributed by atoms with E-state index in [1.165, 1.54) is 4.90 Å². The smallest absolute Gasteiger partial charge is 0.266 e. The van der Waals surface area contributed by atoms with Crippen LogP contribution < -0.4 is 10.6 Å². The fourth-order valence-corrected chi connectivity index (χ4v) is 7.99. The van der Waals surface area contributed by atoms with E-state index in [1.54, 1.807) is 16.2 Å². The molecule has 2 aliphatic heterocycles. The second kappa shape index (κ2) is 12.9. The van der Waals surface area contributed by atoms with Crippen molar-refractivity contribution >= 4 is 40.8 Å². The van der Waals surface area contributed by atoms with Crippen LogP contribution >= 0.6 is 11.3 Å². The van der Waals surface area contributed by atoms with Crippen molar-refractivity contribution < 1.29 is 9.59 Å². The van der Waals surface area contributed by atoms with Crippen LogP contribution in [0.4, 0.5) is 5.69 Å². The molecule has 0 spiro atoms. The monoisotopic (exact) mass is 686 g/mol. The van der Waals surface area contributed by atoms with E-state index in [2.05, 4.69) is 0 Å². The van der Waals surface area contributed by atoms with Crippen LogP contribution in [0.2, 0.25) is 0 Å². The summed E-state index contributed by atoms with van der Waals surface area (Å²) < 4.78 is 0. The lowest BCUT2D eigenvalue weighted by atomic mass is 9.81. The summed E-state index contributed by atoms with van der Waals surface area (Å²) in [6.45, 7) is 0.399. The number of anilines is 1. The largest absolute Gasteiger partial charge is 0.369 e. The highest BCUT2D eigenvalue weighted by Crippen LogP contribution is 2.47. The highest BCUT2D eigenvalue weighted by Gasteiger charge is 2.58. The fraction of sp³-hybridized carbons (Fsp3) is 0.0952. The summed E-state index contributed by atoms with van der Waals surface area (Å²) in [5, 5.41) is 13.6. The van der Waals surface area contributed by atoms with Crippen LogP contribution in [0.15, 0.2) is 167 Å². The van der Waals surface area contributed by atoms with Crippen LogP contribution in [0.5, 0.6) is 0 Å². The number of thiophene rings is 1. The van der Waals surface area contributed by atoms with Gasteiger partial charge in [-0.1, -0.05) is 133 Å². The second-order valence-corrected chi connectivity index (χ2v) is 13.4. The average molecular weight is 687 g/mol. The molecule has 0 aliphatic carbocycles. The molecule has 250 valence electrons. The van der Waals surface area contributed by atoms with E-state index in [9.17, 15) is 10.2 Å². The summed E-state index contributed by atoms with van der Waals surface area (Å²) in [5.74, 6) is -0.298. The number of hydrogen-bond acceptors (Lipinski definition) is 6. The standard InChI is InChI=1S/C42H34N6O2S/c43-39-45-41(32-15-5-1-6-16-32,33-17-7-2-8-18-33)37(49)46(39)27-30-14-13-23-36(26-30)48-40(44)47(28-31-24-25-51-29-31)38(50)42(48,34-19-9-3-10-20-34)35-21-11-4-12-22-35/h1-26,29,44H,27-28H2,(H2,43,45). The number of nitrogens with zero attached hydrogens (tertiary/aromatic N) is 4. The Kier molecular flexibility index (Phi) is 8.04. The van der Waals surface area contributed by atoms with Gasteiger partial charge in [-0.2, -0.15) is 11.3 Å². The van der Waals surface area contributed by atoms with Gasteiger partial charge in [0.05, 0.1) is 13.1 Å². The number of rotatable bonds is 9. The van der Waals surface area contributed by atoms with Crippen LogP contribution in [-0.2, 0) is 33.8 Å². The van der Waals surface area contributed by atoms with Gasteiger partial charge in [0.1, 0.15) is 0 Å². The number of guanidine groups is 2. The second-order valence-electron chi connectivity index (χ2n) is 12.6. The van der Waals surface area contributed by atoms with Crippen molar-refractivity contribution in [3.63, 3.8) is 0 Å². The molecule has 3 heterocycles. The molecule has 1 fully saturated rings. The average Bonchev–Trinajstić information content (AvgIpc) is 3.85. The van der Waals surface area contributed by atoms with Crippen molar-refractivity contribution in [3.8, 4) is 0 Å². The molecule has 8 nitrogen and oxygen atoms in total. The van der Waals surface area contributed by atoms with Crippen molar-refractivity contribution in [2.45, 2.75) is 24.2 Å². The van der Waals surface area contributed by atoms with E-state index in [4.69, 9.17) is 10.7 Å². The number of aliphatic imine (C=N–C) groups is 1. The van der Waals surface area contributed by atoms with E-state index in [-0.39, 0.29) is 36.8 Å². The minimum atomic E-state index is -1.37. The lowest BCUT2D eigenvalue weighted by Crippen LogP contribution is -2.48. The van der Waals surface area contributed by atoms with E-state index < -0.39 is 11.1 Å². The van der Waals surface area contributed by atoms with Crippen molar-refractivity contribution in [2.24, 2.45) is 10.7 Å². The maximum absolute atomic E-state index is 15.0. The van der Waals surface area contributed by atoms with Gasteiger partial charge < -0.3 is 5.73 Å². The van der Waals surface area contributed by atoms with Gasteiger partial charge in [-0.15, -0.1) is 0 Å².